The fourth-order valence-corrected chi connectivity index (χ4v) is 1.90. The molecule has 22 heavy (non-hydrogen) atoms. The molecule has 0 aromatic carbocycles. The topological polar surface area (TPSA) is 57.5 Å². The van der Waals surface area contributed by atoms with Crippen LogP contribution in [0.4, 0.5) is 0 Å². The molecule has 3 heteroatoms. The van der Waals surface area contributed by atoms with Crippen LogP contribution in [0.15, 0.2) is 24.3 Å². The minimum absolute atomic E-state index is 0.0213. The van der Waals surface area contributed by atoms with E-state index in [0.29, 0.717) is 18.8 Å². The maximum Gasteiger partial charge on any atom is 0.136 e. The van der Waals surface area contributed by atoms with Crippen LogP contribution in [0.5, 0.6) is 0 Å². The molecule has 1 unspecified atom stereocenters. The summed E-state index contributed by atoms with van der Waals surface area (Å²) in [6, 6.07) is 0. The second-order valence-electron chi connectivity index (χ2n) is 5.38. The lowest BCUT2D eigenvalue weighted by atomic mass is 9.90. The van der Waals surface area contributed by atoms with E-state index in [1.54, 1.807) is 18.2 Å². The van der Waals surface area contributed by atoms with Crippen molar-refractivity contribution in [1.29, 1.82) is 0 Å². The third-order valence-corrected chi connectivity index (χ3v) is 2.94. The zero-order valence-corrected chi connectivity index (χ0v) is 13.5. The average Bonchev–Trinajstić information content (AvgIpc) is 2.47. The highest BCUT2D eigenvalue weighted by molar-refractivity contribution is 5.81. The van der Waals surface area contributed by atoms with Gasteiger partial charge >= 0.3 is 0 Å². The van der Waals surface area contributed by atoms with E-state index >= 15 is 0 Å². The molecule has 0 amide bonds. The molecule has 0 radical (unpaired) electrons. The van der Waals surface area contributed by atoms with Crippen molar-refractivity contribution in [2.75, 3.05) is 13.2 Å². The molecule has 0 aliphatic rings. The number of hydrogen-bond acceptors (Lipinski definition) is 3. The van der Waals surface area contributed by atoms with Crippen LogP contribution in [0.2, 0.25) is 0 Å². The SMILES string of the molecule is CC(C)CC(=O)C(CCO)CC/C=C/C#CC#C/C=C/CO. The summed E-state index contributed by atoms with van der Waals surface area (Å²) in [6.07, 6.45) is 9.37. The van der Waals surface area contributed by atoms with Gasteiger partial charge in [-0.05, 0) is 49.2 Å². The maximum atomic E-state index is 12.0. The van der Waals surface area contributed by atoms with Crippen LogP contribution in [-0.2, 0) is 4.79 Å². The van der Waals surface area contributed by atoms with Crippen molar-refractivity contribution in [2.24, 2.45) is 11.8 Å². The molecule has 0 spiro atoms. The Hall–Kier alpha value is -1.81. The fraction of sp³-hybridized carbons (Fsp3) is 0.526. The van der Waals surface area contributed by atoms with Crippen LogP contribution in [0, 0.1) is 35.5 Å². The predicted molar refractivity (Wildman–Crippen MR) is 89.8 cm³/mol. The van der Waals surface area contributed by atoms with Gasteiger partial charge in [-0.1, -0.05) is 37.8 Å². The van der Waals surface area contributed by atoms with Crippen molar-refractivity contribution in [3.63, 3.8) is 0 Å². The van der Waals surface area contributed by atoms with E-state index < -0.39 is 0 Å². The minimum Gasteiger partial charge on any atom is -0.396 e. The first-order valence-electron chi connectivity index (χ1n) is 7.67. The Morgan fingerprint density at radius 1 is 1.05 bits per heavy atom. The molecule has 0 aromatic rings. The number of aliphatic hydroxyl groups excluding tert-OH is 2. The summed E-state index contributed by atoms with van der Waals surface area (Å²) in [5.41, 5.74) is 0. The molecular formula is C19H26O3. The summed E-state index contributed by atoms with van der Waals surface area (Å²) >= 11 is 0. The molecule has 2 N–H and O–H groups in total. The van der Waals surface area contributed by atoms with Crippen molar-refractivity contribution in [3.05, 3.63) is 24.3 Å². The van der Waals surface area contributed by atoms with Crippen LogP contribution in [0.3, 0.4) is 0 Å². The predicted octanol–water partition coefficient (Wildman–Crippen LogP) is 2.49. The van der Waals surface area contributed by atoms with Gasteiger partial charge in [-0.15, -0.1) is 0 Å². The van der Waals surface area contributed by atoms with Gasteiger partial charge in [-0.25, -0.2) is 0 Å². The zero-order valence-electron chi connectivity index (χ0n) is 13.5. The Balaban J connectivity index is 4.19. The molecule has 3 nitrogen and oxygen atoms in total. The van der Waals surface area contributed by atoms with Crippen molar-refractivity contribution < 1.29 is 15.0 Å². The quantitative estimate of drug-likeness (QED) is 0.643. The molecule has 0 heterocycles. The highest BCUT2D eigenvalue weighted by Crippen LogP contribution is 2.17. The van der Waals surface area contributed by atoms with E-state index in [0.717, 1.165) is 12.8 Å². The Bertz CT molecular complexity index is 478. The number of aliphatic hydroxyl groups is 2. The Kier molecular flexibility index (Phi) is 13.0. The molecule has 120 valence electrons. The Labute approximate surface area is 134 Å². The molecular weight excluding hydrogens is 276 g/mol. The molecule has 0 rings (SSSR count). The molecule has 0 fully saturated rings. The van der Waals surface area contributed by atoms with Gasteiger partial charge in [-0.3, -0.25) is 4.79 Å². The molecule has 0 aromatic heterocycles. The average molecular weight is 302 g/mol. The monoisotopic (exact) mass is 302 g/mol. The first-order chi connectivity index (χ1) is 10.6. The van der Waals surface area contributed by atoms with Gasteiger partial charge in [0.2, 0.25) is 0 Å². The summed E-state index contributed by atoms with van der Waals surface area (Å²) in [6.45, 7) is 4.09. The lowest BCUT2D eigenvalue weighted by Gasteiger charge is -2.14. The zero-order chi connectivity index (χ0) is 16.6. The van der Waals surface area contributed by atoms with E-state index in [1.807, 2.05) is 19.9 Å². The molecule has 1 atom stereocenters. The highest BCUT2D eigenvalue weighted by atomic mass is 16.3. The molecule has 0 saturated heterocycles. The number of ketones is 1. The van der Waals surface area contributed by atoms with Crippen LogP contribution in [0.25, 0.3) is 0 Å². The fourth-order valence-electron chi connectivity index (χ4n) is 1.90. The number of allylic oxidation sites excluding steroid dienone is 3. The third-order valence-electron chi connectivity index (χ3n) is 2.94. The first kappa shape index (κ1) is 20.2. The number of rotatable bonds is 9. The summed E-state index contributed by atoms with van der Waals surface area (Å²) < 4.78 is 0. The minimum atomic E-state index is -0.0616. The molecule has 0 saturated carbocycles. The molecule has 0 aliphatic carbocycles. The summed E-state index contributed by atoms with van der Waals surface area (Å²) in [7, 11) is 0. The standard InChI is InChI=1S/C19H26O3/c1-17(2)16-19(22)18(13-15-21)12-10-8-6-4-3-5-7-9-11-14-20/h6,8-9,11,17-18,20-21H,10,12-16H2,1-2H3/b8-6+,11-9+. The van der Waals surface area contributed by atoms with Crippen molar-refractivity contribution in [3.8, 4) is 23.7 Å². The van der Waals surface area contributed by atoms with E-state index in [1.165, 1.54) is 0 Å². The third kappa shape index (κ3) is 12.0. The van der Waals surface area contributed by atoms with Crippen molar-refractivity contribution in [2.45, 2.75) is 39.5 Å². The smallest absolute Gasteiger partial charge is 0.136 e. The van der Waals surface area contributed by atoms with Crippen LogP contribution in [0.1, 0.15) is 39.5 Å². The van der Waals surface area contributed by atoms with Gasteiger partial charge in [-0.2, -0.15) is 0 Å². The summed E-state index contributed by atoms with van der Waals surface area (Å²) in [5, 5.41) is 17.5. The number of hydrogen-bond donors (Lipinski definition) is 2. The Morgan fingerprint density at radius 3 is 2.23 bits per heavy atom. The molecule has 0 bridgehead atoms. The number of carbonyl (C=O) groups is 1. The summed E-state index contributed by atoms with van der Waals surface area (Å²) in [5.74, 6) is 11.3. The van der Waals surface area contributed by atoms with Crippen molar-refractivity contribution in [1.82, 2.24) is 0 Å². The van der Waals surface area contributed by atoms with E-state index in [4.69, 9.17) is 10.2 Å². The van der Waals surface area contributed by atoms with E-state index in [9.17, 15) is 4.79 Å². The lowest BCUT2D eigenvalue weighted by Crippen LogP contribution is -2.17. The second-order valence-corrected chi connectivity index (χ2v) is 5.38. The van der Waals surface area contributed by atoms with Crippen LogP contribution >= 0.6 is 0 Å². The second kappa shape index (κ2) is 14.1. The molecule has 0 aliphatic heterocycles. The Morgan fingerprint density at radius 2 is 1.68 bits per heavy atom. The first-order valence-corrected chi connectivity index (χ1v) is 7.67. The van der Waals surface area contributed by atoms with Crippen LogP contribution in [-0.4, -0.2) is 29.2 Å². The largest absolute Gasteiger partial charge is 0.396 e. The van der Waals surface area contributed by atoms with Gasteiger partial charge in [0.05, 0.1) is 6.61 Å². The van der Waals surface area contributed by atoms with Gasteiger partial charge in [0.15, 0.2) is 0 Å². The number of carbonyl (C=O) groups excluding carboxylic acids is 1. The highest BCUT2D eigenvalue weighted by Gasteiger charge is 2.17. The van der Waals surface area contributed by atoms with Gasteiger partial charge < -0.3 is 10.2 Å². The van der Waals surface area contributed by atoms with Crippen molar-refractivity contribution >= 4 is 5.78 Å². The van der Waals surface area contributed by atoms with Gasteiger partial charge in [0, 0.05) is 18.9 Å². The maximum absolute atomic E-state index is 12.0. The lowest BCUT2D eigenvalue weighted by molar-refractivity contribution is -0.124. The normalized spacial score (nSPS) is 12.0. The van der Waals surface area contributed by atoms with Crippen LogP contribution < -0.4 is 0 Å². The summed E-state index contributed by atoms with van der Waals surface area (Å²) in [4.78, 5) is 12.0. The van der Waals surface area contributed by atoms with Gasteiger partial charge in [0.1, 0.15) is 5.78 Å². The van der Waals surface area contributed by atoms with Gasteiger partial charge in [0.25, 0.3) is 0 Å². The van der Waals surface area contributed by atoms with E-state index in [2.05, 4.69) is 23.7 Å². The number of Topliss-reactive ketones (excluding diaryl/α,β-unsaturated/α-hetero) is 1. The van der Waals surface area contributed by atoms with E-state index in [-0.39, 0.29) is 24.9 Å².